The van der Waals surface area contributed by atoms with Crippen molar-refractivity contribution < 1.29 is 32.6 Å². The van der Waals surface area contributed by atoms with E-state index in [1.165, 1.54) is 17.7 Å². The summed E-state index contributed by atoms with van der Waals surface area (Å²) in [7, 11) is 0. The molecule has 3 heterocycles. The summed E-state index contributed by atoms with van der Waals surface area (Å²) in [6, 6.07) is 0. The molecule has 0 atom stereocenters. The van der Waals surface area contributed by atoms with E-state index in [0.717, 1.165) is 11.3 Å². The Morgan fingerprint density at radius 3 is 2.41 bits per heavy atom. The van der Waals surface area contributed by atoms with Crippen LogP contribution in [0.25, 0.3) is 0 Å². The molecular weight excluding hydrogens is 413 g/mol. The minimum atomic E-state index is -5.08. The molecular formula is C17H19F3N4O4S. The lowest BCUT2D eigenvalue weighted by molar-refractivity contribution is -0.192. The van der Waals surface area contributed by atoms with Crippen LogP contribution in [0.15, 0.2) is 17.2 Å². The van der Waals surface area contributed by atoms with Crippen molar-refractivity contribution in [1.29, 1.82) is 0 Å². The van der Waals surface area contributed by atoms with Crippen LogP contribution in [0.3, 0.4) is 0 Å². The predicted molar refractivity (Wildman–Crippen MR) is 96.9 cm³/mol. The van der Waals surface area contributed by atoms with Crippen molar-refractivity contribution in [1.82, 2.24) is 19.9 Å². The number of hydrogen-bond donors (Lipinski definition) is 1. The van der Waals surface area contributed by atoms with Crippen molar-refractivity contribution in [2.45, 2.75) is 39.0 Å². The number of carbonyl (C=O) groups is 2. The molecule has 0 fully saturated rings. The van der Waals surface area contributed by atoms with Gasteiger partial charge in [0.2, 0.25) is 5.88 Å². The largest absolute Gasteiger partial charge is 0.490 e. The average Bonchev–Trinajstić information content (AvgIpc) is 3.07. The topological polar surface area (TPSA) is 106 Å². The molecule has 158 valence electrons. The van der Waals surface area contributed by atoms with Gasteiger partial charge in [-0.05, 0) is 20.3 Å². The zero-order valence-electron chi connectivity index (χ0n) is 15.6. The Labute approximate surface area is 168 Å². The summed E-state index contributed by atoms with van der Waals surface area (Å²) in [6.45, 7) is 5.22. The molecule has 1 N–H and O–H groups in total. The molecule has 0 unspecified atom stereocenters. The maximum absolute atomic E-state index is 12.4. The molecule has 0 saturated carbocycles. The van der Waals surface area contributed by atoms with Crippen LogP contribution in [0, 0.1) is 0 Å². The van der Waals surface area contributed by atoms with Gasteiger partial charge in [0, 0.05) is 30.5 Å². The van der Waals surface area contributed by atoms with Crippen molar-refractivity contribution in [3.8, 4) is 5.88 Å². The first-order valence-electron chi connectivity index (χ1n) is 8.56. The number of ether oxygens (including phenoxy) is 1. The predicted octanol–water partition coefficient (Wildman–Crippen LogP) is 2.59. The van der Waals surface area contributed by atoms with E-state index in [4.69, 9.17) is 14.6 Å². The number of carboxylic acids is 1. The van der Waals surface area contributed by atoms with Crippen molar-refractivity contribution in [2.24, 2.45) is 0 Å². The summed E-state index contributed by atoms with van der Waals surface area (Å²) in [4.78, 5) is 35.9. The highest BCUT2D eigenvalue weighted by Gasteiger charge is 2.38. The van der Waals surface area contributed by atoms with E-state index in [1.807, 2.05) is 18.7 Å². The molecule has 12 heteroatoms. The number of aliphatic carboxylic acids is 1. The quantitative estimate of drug-likeness (QED) is 0.795. The van der Waals surface area contributed by atoms with Crippen LogP contribution in [0.4, 0.5) is 13.2 Å². The molecule has 2 aromatic heterocycles. The standard InChI is InChI=1S/C15H18N4O2S.C2HF3O2/c1-10(2)21-14-11-3-5-19(6-4-12(11)16-8-17-14)15(20)13-7-22-9-18-13;3-2(4,5)1(6)7/h7-10H,3-6H2,1-2H3;(H,6,7). The number of aromatic nitrogens is 3. The van der Waals surface area contributed by atoms with Gasteiger partial charge in [0.15, 0.2) is 0 Å². The third kappa shape index (κ3) is 6.38. The second kappa shape index (κ2) is 9.63. The van der Waals surface area contributed by atoms with Gasteiger partial charge in [0.05, 0.1) is 17.3 Å². The number of rotatable bonds is 3. The summed E-state index contributed by atoms with van der Waals surface area (Å²) >= 11 is 1.43. The van der Waals surface area contributed by atoms with Gasteiger partial charge in [-0.3, -0.25) is 4.79 Å². The molecule has 0 aromatic carbocycles. The number of hydrogen-bond acceptors (Lipinski definition) is 7. The van der Waals surface area contributed by atoms with E-state index >= 15 is 0 Å². The monoisotopic (exact) mass is 432 g/mol. The first-order valence-corrected chi connectivity index (χ1v) is 9.50. The molecule has 29 heavy (non-hydrogen) atoms. The molecule has 1 amide bonds. The zero-order valence-corrected chi connectivity index (χ0v) is 16.5. The lowest BCUT2D eigenvalue weighted by Gasteiger charge is -2.18. The molecule has 1 aliphatic rings. The fourth-order valence-electron chi connectivity index (χ4n) is 2.50. The molecule has 8 nitrogen and oxygen atoms in total. The molecule has 1 aliphatic heterocycles. The van der Waals surface area contributed by atoms with Crippen LogP contribution in [0.5, 0.6) is 5.88 Å². The molecule has 0 aliphatic carbocycles. The number of alkyl halides is 3. The average molecular weight is 432 g/mol. The fourth-order valence-corrected chi connectivity index (χ4v) is 3.03. The lowest BCUT2D eigenvalue weighted by atomic mass is 10.1. The third-order valence-corrected chi connectivity index (χ3v) is 4.36. The minimum Gasteiger partial charge on any atom is -0.475 e. The van der Waals surface area contributed by atoms with E-state index in [9.17, 15) is 18.0 Å². The second-order valence-electron chi connectivity index (χ2n) is 6.24. The van der Waals surface area contributed by atoms with Crippen molar-refractivity contribution >= 4 is 23.2 Å². The van der Waals surface area contributed by atoms with Crippen LogP contribution in [0.1, 0.15) is 35.6 Å². The number of carbonyl (C=O) groups excluding carboxylic acids is 1. The number of carboxylic acid groups (broad SMARTS) is 1. The number of thiazole rings is 1. The lowest BCUT2D eigenvalue weighted by Crippen LogP contribution is -2.33. The Bertz CT molecular complexity index is 844. The van der Waals surface area contributed by atoms with Crippen LogP contribution >= 0.6 is 11.3 Å². The van der Waals surface area contributed by atoms with E-state index in [2.05, 4.69) is 15.0 Å². The van der Waals surface area contributed by atoms with Gasteiger partial charge in [-0.2, -0.15) is 13.2 Å². The van der Waals surface area contributed by atoms with Crippen molar-refractivity contribution in [3.63, 3.8) is 0 Å². The Balaban J connectivity index is 0.000000370. The van der Waals surface area contributed by atoms with Gasteiger partial charge in [0.25, 0.3) is 5.91 Å². The van der Waals surface area contributed by atoms with E-state index in [0.29, 0.717) is 37.5 Å². The Kier molecular flexibility index (Phi) is 7.48. The smallest absolute Gasteiger partial charge is 0.475 e. The van der Waals surface area contributed by atoms with Gasteiger partial charge >= 0.3 is 12.1 Å². The maximum Gasteiger partial charge on any atom is 0.490 e. The Hall–Kier alpha value is -2.76. The Morgan fingerprint density at radius 2 is 1.86 bits per heavy atom. The van der Waals surface area contributed by atoms with Gasteiger partial charge in [-0.15, -0.1) is 11.3 Å². The van der Waals surface area contributed by atoms with Gasteiger partial charge in [0.1, 0.15) is 12.0 Å². The maximum atomic E-state index is 12.4. The number of amides is 1. The summed E-state index contributed by atoms with van der Waals surface area (Å²) < 4.78 is 37.5. The summed E-state index contributed by atoms with van der Waals surface area (Å²) in [5.74, 6) is -2.14. The summed E-state index contributed by atoms with van der Waals surface area (Å²) in [6.07, 6.45) is -2.07. The third-order valence-electron chi connectivity index (χ3n) is 3.77. The molecule has 0 radical (unpaired) electrons. The highest BCUT2D eigenvalue weighted by molar-refractivity contribution is 7.07. The zero-order chi connectivity index (χ0) is 21.6. The normalized spacial score (nSPS) is 13.8. The molecule has 2 aromatic rings. The Morgan fingerprint density at radius 1 is 1.21 bits per heavy atom. The first kappa shape index (κ1) is 22.5. The van der Waals surface area contributed by atoms with Crippen LogP contribution < -0.4 is 4.74 Å². The van der Waals surface area contributed by atoms with Crippen molar-refractivity contribution in [2.75, 3.05) is 13.1 Å². The second-order valence-corrected chi connectivity index (χ2v) is 6.96. The van der Waals surface area contributed by atoms with Crippen LogP contribution in [-0.2, 0) is 17.6 Å². The van der Waals surface area contributed by atoms with Gasteiger partial charge in [-0.1, -0.05) is 0 Å². The van der Waals surface area contributed by atoms with Crippen molar-refractivity contribution in [3.05, 3.63) is 34.2 Å². The summed E-state index contributed by atoms with van der Waals surface area (Å²) in [5, 5.41) is 8.91. The highest BCUT2D eigenvalue weighted by atomic mass is 32.1. The van der Waals surface area contributed by atoms with E-state index < -0.39 is 12.1 Å². The van der Waals surface area contributed by atoms with Gasteiger partial charge in [-0.25, -0.2) is 19.7 Å². The van der Waals surface area contributed by atoms with E-state index in [-0.39, 0.29) is 12.0 Å². The molecule has 0 spiro atoms. The number of halogens is 3. The molecule has 3 rings (SSSR count). The SMILES string of the molecule is CC(C)Oc1ncnc2c1CCN(C(=O)c1cscn1)CC2.O=C(O)C(F)(F)F. The van der Waals surface area contributed by atoms with Crippen LogP contribution in [0.2, 0.25) is 0 Å². The summed E-state index contributed by atoms with van der Waals surface area (Å²) in [5.41, 5.74) is 4.18. The van der Waals surface area contributed by atoms with E-state index in [1.54, 1.807) is 10.9 Å². The first-order chi connectivity index (χ1) is 13.6. The number of fused-ring (bicyclic) bond motifs is 1. The van der Waals surface area contributed by atoms with Gasteiger partial charge < -0.3 is 14.7 Å². The highest BCUT2D eigenvalue weighted by Crippen LogP contribution is 2.23. The molecule has 0 saturated heterocycles. The number of nitrogens with zero attached hydrogens (tertiary/aromatic N) is 4. The fraction of sp³-hybridized carbons (Fsp3) is 0.471. The molecule has 0 bridgehead atoms. The minimum absolute atomic E-state index is 0.0201. The van der Waals surface area contributed by atoms with Crippen LogP contribution in [-0.4, -0.2) is 62.2 Å².